The highest BCUT2D eigenvalue weighted by molar-refractivity contribution is 14.1. The van der Waals surface area contributed by atoms with Gasteiger partial charge < -0.3 is 0 Å². The van der Waals surface area contributed by atoms with E-state index in [-0.39, 0.29) is 22.5 Å². The van der Waals surface area contributed by atoms with Crippen LogP contribution in [0.4, 0.5) is 8.78 Å². The van der Waals surface area contributed by atoms with E-state index in [2.05, 4.69) is 47.7 Å². The third-order valence-corrected chi connectivity index (χ3v) is 6.89. The molecule has 0 saturated carbocycles. The van der Waals surface area contributed by atoms with Gasteiger partial charge >= 0.3 is 0 Å². The van der Waals surface area contributed by atoms with Gasteiger partial charge in [-0.2, -0.15) is 0 Å². The van der Waals surface area contributed by atoms with E-state index in [9.17, 15) is 8.78 Å². The van der Waals surface area contributed by atoms with Crippen molar-refractivity contribution < 1.29 is 8.78 Å². The third-order valence-electron chi connectivity index (χ3n) is 3.46. The van der Waals surface area contributed by atoms with E-state index in [0.29, 0.717) is 0 Å². The molecule has 0 unspecified atom stereocenters. The van der Waals surface area contributed by atoms with Crippen molar-refractivity contribution in [3.8, 4) is 0 Å². The molecule has 0 heterocycles. The first kappa shape index (κ1) is 16.5. The molecule has 0 saturated heterocycles. The molecule has 0 aromatic heterocycles. The number of hydrogen-bond donors (Lipinski definition) is 0. The molecule has 0 N–H and O–H groups in total. The van der Waals surface area contributed by atoms with E-state index < -0.39 is 0 Å². The van der Waals surface area contributed by atoms with E-state index in [1.165, 1.54) is 33.4 Å². The fraction of sp³-hybridized carbons (Fsp3) is 0.0526. The number of benzene rings is 3. The summed E-state index contributed by atoms with van der Waals surface area (Å²) in [4.78, 5) is 3.17. The summed E-state index contributed by atoms with van der Waals surface area (Å²) in [5, 5.41) is 0. The Morgan fingerprint density at radius 3 is 1.57 bits per heavy atom. The lowest BCUT2D eigenvalue weighted by Crippen LogP contribution is -2.05. The second-order valence-electron chi connectivity index (χ2n) is 5.13. The van der Waals surface area contributed by atoms with Crippen LogP contribution in [-0.2, 0) is 10.9 Å². The van der Waals surface area contributed by atoms with Gasteiger partial charge in [0.05, 0.1) is 10.9 Å². The van der Waals surface area contributed by atoms with E-state index in [1.54, 1.807) is 24.3 Å². The highest BCUT2D eigenvalue weighted by atomic mass is 127. The lowest BCUT2D eigenvalue weighted by molar-refractivity contribution is 0.626. The zero-order chi connectivity index (χ0) is 16.4. The summed E-state index contributed by atoms with van der Waals surface area (Å²) in [7, 11) is -0.386. The molecule has 0 atom stereocenters. The molecule has 0 aliphatic heterocycles. The van der Waals surface area contributed by atoms with Gasteiger partial charge in [0.15, 0.2) is 14.7 Å². The molecule has 0 fully saturated rings. The molecule has 0 aliphatic rings. The fourth-order valence-corrected chi connectivity index (χ4v) is 4.76. The van der Waals surface area contributed by atoms with Crippen LogP contribution < -0.4 is 0 Å². The molecule has 0 spiro atoms. The van der Waals surface area contributed by atoms with Gasteiger partial charge in [-0.1, -0.05) is 0 Å². The van der Waals surface area contributed by atoms with Crippen LogP contribution in [0.2, 0.25) is 0 Å². The Balaban J connectivity index is 2.14. The Morgan fingerprint density at radius 2 is 1.13 bits per heavy atom. The van der Waals surface area contributed by atoms with E-state index in [1.807, 2.05) is 0 Å². The average Bonchev–Trinajstić information content (AvgIpc) is 2.55. The lowest BCUT2D eigenvalue weighted by Gasteiger charge is -2.09. The predicted octanol–water partition coefficient (Wildman–Crippen LogP) is 5.97. The Kier molecular flexibility index (Phi) is 5.02. The largest absolute Gasteiger partial charge is 0.207 e. The number of rotatable bonds is 3. The second-order valence-corrected chi connectivity index (χ2v) is 8.31. The van der Waals surface area contributed by atoms with Crippen molar-refractivity contribution in [3.05, 3.63) is 87.5 Å². The molecule has 0 radical (unpaired) electrons. The maximum atomic E-state index is 13.3. The van der Waals surface area contributed by atoms with Gasteiger partial charge in [-0.05, 0) is 102 Å². The Hall–Kier alpha value is -1.40. The normalized spacial score (nSPS) is 11.0. The number of aryl methyl sites for hydroxylation is 1. The molecule has 23 heavy (non-hydrogen) atoms. The van der Waals surface area contributed by atoms with Gasteiger partial charge in [0, 0.05) is 3.57 Å². The van der Waals surface area contributed by atoms with Gasteiger partial charge in [0.2, 0.25) is 0 Å². The molecule has 3 aromatic carbocycles. The maximum Gasteiger partial charge on any atom is 0.166 e. The van der Waals surface area contributed by atoms with Crippen LogP contribution in [0.3, 0.4) is 0 Å². The summed E-state index contributed by atoms with van der Waals surface area (Å²) >= 11 is 2.31. The average molecular weight is 439 g/mol. The minimum Gasteiger partial charge on any atom is -0.207 e. The van der Waals surface area contributed by atoms with E-state index in [4.69, 9.17) is 0 Å². The zero-order valence-corrected chi connectivity index (χ0v) is 15.4. The van der Waals surface area contributed by atoms with Gasteiger partial charge in [0.25, 0.3) is 0 Å². The molecular formula is C19H14F2IS+. The highest BCUT2D eigenvalue weighted by Gasteiger charge is 2.29. The molecule has 0 amide bonds. The third kappa shape index (κ3) is 3.75. The second kappa shape index (κ2) is 7.01. The van der Waals surface area contributed by atoms with Crippen LogP contribution in [0.15, 0.2) is 81.4 Å². The van der Waals surface area contributed by atoms with Crippen LogP contribution in [0.25, 0.3) is 0 Å². The summed E-state index contributed by atoms with van der Waals surface area (Å²) in [5.41, 5.74) is 1.20. The van der Waals surface area contributed by atoms with Crippen molar-refractivity contribution in [1.82, 2.24) is 0 Å². The SMILES string of the molecule is Cc1cc([S+](c2ccc(F)cc2)c2ccc(F)cc2)ccc1I. The highest BCUT2D eigenvalue weighted by Crippen LogP contribution is 2.32. The van der Waals surface area contributed by atoms with Crippen LogP contribution in [0.1, 0.15) is 5.56 Å². The quantitative estimate of drug-likeness (QED) is 0.348. The smallest absolute Gasteiger partial charge is 0.166 e. The minimum atomic E-state index is -0.386. The zero-order valence-electron chi connectivity index (χ0n) is 12.4. The van der Waals surface area contributed by atoms with Crippen molar-refractivity contribution in [2.45, 2.75) is 21.6 Å². The van der Waals surface area contributed by atoms with Gasteiger partial charge in [-0.15, -0.1) is 0 Å². The minimum absolute atomic E-state index is 0.254. The number of hydrogen-bond acceptors (Lipinski definition) is 0. The van der Waals surface area contributed by atoms with Crippen molar-refractivity contribution >= 4 is 33.5 Å². The Bertz CT molecular complexity index is 768. The first-order chi connectivity index (χ1) is 11.0. The van der Waals surface area contributed by atoms with Crippen LogP contribution in [0.5, 0.6) is 0 Å². The molecule has 4 heteroatoms. The van der Waals surface area contributed by atoms with Crippen LogP contribution >= 0.6 is 22.6 Å². The van der Waals surface area contributed by atoms with Gasteiger partial charge in [-0.25, -0.2) is 8.78 Å². The molecule has 3 aromatic rings. The van der Waals surface area contributed by atoms with Gasteiger partial charge in [-0.3, -0.25) is 0 Å². The van der Waals surface area contributed by atoms with Crippen LogP contribution in [-0.4, -0.2) is 0 Å². The fourth-order valence-electron chi connectivity index (χ4n) is 2.29. The van der Waals surface area contributed by atoms with E-state index in [0.717, 1.165) is 14.7 Å². The van der Waals surface area contributed by atoms with Gasteiger partial charge in [0.1, 0.15) is 11.6 Å². The van der Waals surface area contributed by atoms with Crippen LogP contribution in [0, 0.1) is 22.1 Å². The molecule has 0 bridgehead atoms. The maximum absolute atomic E-state index is 13.3. The standard InChI is InChI=1S/C19H14F2IS/c1-13-12-18(10-11-19(13)22)23(16-6-2-14(20)3-7-16)17-8-4-15(21)5-9-17/h2-12H,1H3/q+1. The predicted molar refractivity (Wildman–Crippen MR) is 98.9 cm³/mol. The molecule has 0 nitrogen and oxygen atoms in total. The first-order valence-electron chi connectivity index (χ1n) is 7.06. The van der Waals surface area contributed by atoms with Crippen molar-refractivity contribution in [3.63, 3.8) is 0 Å². The topological polar surface area (TPSA) is 0 Å². The Labute approximate surface area is 151 Å². The van der Waals surface area contributed by atoms with E-state index >= 15 is 0 Å². The van der Waals surface area contributed by atoms with Crippen molar-refractivity contribution in [2.75, 3.05) is 0 Å². The first-order valence-corrected chi connectivity index (χ1v) is 9.36. The molecule has 0 aliphatic carbocycles. The summed E-state index contributed by atoms with van der Waals surface area (Å²) in [6, 6.07) is 19.4. The summed E-state index contributed by atoms with van der Waals surface area (Å²) < 4.78 is 27.8. The summed E-state index contributed by atoms with van der Waals surface area (Å²) in [6.07, 6.45) is 0. The molecular weight excluding hydrogens is 425 g/mol. The lowest BCUT2D eigenvalue weighted by atomic mass is 10.2. The van der Waals surface area contributed by atoms with Crippen molar-refractivity contribution in [2.24, 2.45) is 0 Å². The molecule has 3 rings (SSSR count). The monoisotopic (exact) mass is 439 g/mol. The summed E-state index contributed by atoms with van der Waals surface area (Å²) in [5.74, 6) is -0.509. The molecule has 116 valence electrons. The Morgan fingerprint density at radius 1 is 0.696 bits per heavy atom. The van der Waals surface area contributed by atoms with Crippen molar-refractivity contribution in [1.29, 1.82) is 0 Å². The number of halogens is 3. The summed E-state index contributed by atoms with van der Waals surface area (Å²) in [6.45, 7) is 2.07.